The summed E-state index contributed by atoms with van der Waals surface area (Å²) in [5, 5.41) is 22.8. The summed E-state index contributed by atoms with van der Waals surface area (Å²) in [5.74, 6) is 0.711. The third-order valence-electron chi connectivity index (χ3n) is 3.82. The molecule has 0 unspecified atom stereocenters. The second-order valence-corrected chi connectivity index (χ2v) is 8.20. The number of rotatable bonds is 6. The maximum absolute atomic E-state index is 6.21. The lowest BCUT2D eigenvalue weighted by Gasteiger charge is -2.04. The monoisotopic (exact) mass is 463 g/mol. The van der Waals surface area contributed by atoms with Crippen molar-refractivity contribution in [1.29, 1.82) is 0 Å². The number of nitrogens with one attached hydrogen (secondary N) is 1. The molecule has 1 aromatic carbocycles. The summed E-state index contributed by atoms with van der Waals surface area (Å²) in [5.41, 5.74) is 1.97. The Morgan fingerprint density at radius 3 is 2.74 bits per heavy atom. The van der Waals surface area contributed by atoms with E-state index in [0.29, 0.717) is 24.0 Å². The van der Waals surface area contributed by atoms with Crippen molar-refractivity contribution in [1.82, 2.24) is 29.8 Å². The van der Waals surface area contributed by atoms with E-state index >= 15 is 0 Å². The lowest BCUT2D eigenvalue weighted by atomic mass is 10.2. The van der Waals surface area contributed by atoms with Crippen molar-refractivity contribution in [3.63, 3.8) is 0 Å². The number of benzene rings is 1. The molecule has 0 aliphatic heterocycles. The topological polar surface area (TPSA) is 73.5 Å². The third-order valence-corrected chi connectivity index (χ3v) is 5.79. The van der Waals surface area contributed by atoms with Crippen molar-refractivity contribution in [2.24, 2.45) is 0 Å². The number of aryl methyl sites for hydroxylation is 1. The molecule has 4 aromatic rings. The van der Waals surface area contributed by atoms with Crippen molar-refractivity contribution in [3.8, 4) is 0 Å². The minimum Gasteiger partial charge on any atom is -0.313 e. The van der Waals surface area contributed by atoms with Gasteiger partial charge in [-0.25, -0.2) is 0 Å². The molecule has 7 nitrogen and oxygen atoms in total. The van der Waals surface area contributed by atoms with Crippen LogP contribution < -0.4 is 5.32 Å². The fourth-order valence-electron chi connectivity index (χ4n) is 2.51. The number of anilines is 2. The summed E-state index contributed by atoms with van der Waals surface area (Å²) in [4.78, 5) is 0. The highest BCUT2D eigenvalue weighted by Crippen LogP contribution is 2.22. The van der Waals surface area contributed by atoms with Crippen molar-refractivity contribution in [3.05, 3.63) is 68.5 Å². The Morgan fingerprint density at radius 2 is 1.96 bits per heavy atom. The van der Waals surface area contributed by atoms with Crippen LogP contribution in [0.25, 0.3) is 0 Å². The van der Waals surface area contributed by atoms with E-state index in [1.54, 1.807) is 0 Å². The van der Waals surface area contributed by atoms with Crippen LogP contribution in [0.15, 0.2) is 47.2 Å². The SMILES string of the molecule is Cc1nn(Cc2nnc(Nc3ccn(Cc4ccccc4Cl)n3)s2)cc1Br. The molecule has 0 atom stereocenters. The van der Waals surface area contributed by atoms with Gasteiger partial charge in [0.1, 0.15) is 5.01 Å². The first kappa shape index (κ1) is 18.1. The molecule has 0 amide bonds. The highest BCUT2D eigenvalue weighted by atomic mass is 79.9. The van der Waals surface area contributed by atoms with Gasteiger partial charge < -0.3 is 5.32 Å². The predicted octanol–water partition coefficient (Wildman–Crippen LogP) is 4.50. The van der Waals surface area contributed by atoms with Crippen LogP contribution in [0.5, 0.6) is 0 Å². The zero-order chi connectivity index (χ0) is 18.8. The molecule has 0 spiro atoms. The summed E-state index contributed by atoms with van der Waals surface area (Å²) >= 11 is 11.1. The van der Waals surface area contributed by atoms with Gasteiger partial charge in [-0.2, -0.15) is 10.2 Å². The quantitative estimate of drug-likeness (QED) is 0.455. The molecule has 138 valence electrons. The maximum Gasteiger partial charge on any atom is 0.211 e. The molecule has 0 saturated heterocycles. The molecule has 3 aromatic heterocycles. The van der Waals surface area contributed by atoms with Crippen LogP contribution in [0.2, 0.25) is 5.02 Å². The van der Waals surface area contributed by atoms with Gasteiger partial charge >= 0.3 is 0 Å². The van der Waals surface area contributed by atoms with Crippen LogP contribution in [-0.4, -0.2) is 29.8 Å². The van der Waals surface area contributed by atoms with Crippen LogP contribution in [0, 0.1) is 6.92 Å². The number of aromatic nitrogens is 6. The molecule has 0 radical (unpaired) electrons. The Labute approximate surface area is 173 Å². The van der Waals surface area contributed by atoms with Crippen LogP contribution in [0.3, 0.4) is 0 Å². The summed E-state index contributed by atoms with van der Waals surface area (Å²) < 4.78 is 4.65. The molecule has 0 aliphatic rings. The van der Waals surface area contributed by atoms with E-state index in [9.17, 15) is 0 Å². The molecule has 27 heavy (non-hydrogen) atoms. The Bertz CT molecular complexity index is 1050. The largest absolute Gasteiger partial charge is 0.313 e. The molecule has 1 N–H and O–H groups in total. The molecule has 0 fully saturated rings. The average Bonchev–Trinajstić information content (AvgIpc) is 3.33. The van der Waals surface area contributed by atoms with E-state index < -0.39 is 0 Å². The molecule has 0 aliphatic carbocycles. The van der Waals surface area contributed by atoms with E-state index in [-0.39, 0.29) is 0 Å². The van der Waals surface area contributed by atoms with Gasteiger partial charge in [0.15, 0.2) is 5.82 Å². The van der Waals surface area contributed by atoms with Gasteiger partial charge in [0.25, 0.3) is 0 Å². The lowest BCUT2D eigenvalue weighted by Crippen LogP contribution is -2.01. The number of hydrogen-bond donors (Lipinski definition) is 1. The zero-order valence-corrected chi connectivity index (χ0v) is 17.5. The first-order chi connectivity index (χ1) is 13.1. The molecule has 10 heteroatoms. The van der Waals surface area contributed by atoms with Crippen LogP contribution in [0.4, 0.5) is 10.9 Å². The second-order valence-electron chi connectivity index (χ2n) is 5.88. The second kappa shape index (κ2) is 7.79. The Morgan fingerprint density at radius 1 is 1.11 bits per heavy atom. The van der Waals surface area contributed by atoms with E-state index in [2.05, 4.69) is 41.6 Å². The van der Waals surface area contributed by atoms with Crippen molar-refractivity contribution in [2.45, 2.75) is 20.0 Å². The number of halogens is 2. The van der Waals surface area contributed by atoms with Crippen molar-refractivity contribution < 1.29 is 0 Å². The molecule has 0 bridgehead atoms. The Balaban J connectivity index is 1.41. The van der Waals surface area contributed by atoms with Gasteiger partial charge in [-0.1, -0.05) is 41.1 Å². The van der Waals surface area contributed by atoms with E-state index in [1.807, 2.05) is 59.0 Å². The number of hydrogen-bond acceptors (Lipinski definition) is 6. The average molecular weight is 465 g/mol. The molecule has 3 heterocycles. The highest BCUT2D eigenvalue weighted by molar-refractivity contribution is 9.10. The predicted molar refractivity (Wildman–Crippen MR) is 110 cm³/mol. The highest BCUT2D eigenvalue weighted by Gasteiger charge is 2.09. The first-order valence-electron chi connectivity index (χ1n) is 8.12. The molecular weight excluding hydrogens is 450 g/mol. The summed E-state index contributed by atoms with van der Waals surface area (Å²) in [7, 11) is 0. The van der Waals surface area contributed by atoms with Gasteiger partial charge in [-0.3, -0.25) is 9.36 Å². The normalized spacial score (nSPS) is 11.1. The van der Waals surface area contributed by atoms with E-state index in [1.165, 1.54) is 11.3 Å². The summed E-state index contributed by atoms with van der Waals surface area (Å²) in [6.45, 7) is 3.13. The summed E-state index contributed by atoms with van der Waals surface area (Å²) in [6.07, 6.45) is 3.83. The maximum atomic E-state index is 6.21. The fraction of sp³-hybridized carbons (Fsp3) is 0.176. The Kier molecular flexibility index (Phi) is 5.24. The number of nitrogens with zero attached hydrogens (tertiary/aromatic N) is 6. The van der Waals surface area contributed by atoms with Crippen LogP contribution in [0.1, 0.15) is 16.3 Å². The standard InChI is InChI=1S/C17H15BrClN7S/c1-11-13(18)9-26(23-11)10-16-21-22-17(27-16)20-15-6-7-25(24-15)8-12-4-2-3-5-14(12)19/h2-7,9H,8,10H2,1H3,(H,20,22,24). The van der Waals surface area contributed by atoms with Gasteiger partial charge in [0.05, 0.1) is 23.3 Å². The van der Waals surface area contributed by atoms with E-state index in [4.69, 9.17) is 11.6 Å². The fourth-order valence-corrected chi connectivity index (χ4v) is 3.76. The van der Waals surface area contributed by atoms with Crippen molar-refractivity contribution in [2.75, 3.05) is 5.32 Å². The minimum atomic E-state index is 0.576. The Hall–Kier alpha value is -2.23. The van der Waals surface area contributed by atoms with Gasteiger partial charge in [0.2, 0.25) is 5.13 Å². The molecular formula is C17H15BrClN7S. The van der Waals surface area contributed by atoms with Crippen LogP contribution in [-0.2, 0) is 13.1 Å². The van der Waals surface area contributed by atoms with Gasteiger partial charge in [-0.05, 0) is 34.5 Å². The van der Waals surface area contributed by atoms with Gasteiger partial charge in [-0.15, -0.1) is 10.2 Å². The van der Waals surface area contributed by atoms with Crippen LogP contribution >= 0.6 is 38.9 Å². The van der Waals surface area contributed by atoms with Crippen molar-refractivity contribution >= 4 is 49.8 Å². The smallest absolute Gasteiger partial charge is 0.211 e. The minimum absolute atomic E-state index is 0.576. The first-order valence-corrected chi connectivity index (χ1v) is 10.1. The molecule has 0 saturated carbocycles. The lowest BCUT2D eigenvalue weighted by molar-refractivity contribution is 0.670. The molecule has 4 rings (SSSR count). The summed E-state index contributed by atoms with van der Waals surface area (Å²) in [6, 6.07) is 9.64. The van der Waals surface area contributed by atoms with Gasteiger partial charge in [0, 0.05) is 23.5 Å². The third kappa shape index (κ3) is 4.37. The zero-order valence-electron chi connectivity index (χ0n) is 14.3. The van der Waals surface area contributed by atoms with E-state index in [0.717, 1.165) is 25.8 Å².